The molecule has 26 heavy (non-hydrogen) atoms. The van der Waals surface area contributed by atoms with Gasteiger partial charge in [-0.3, -0.25) is 0 Å². The van der Waals surface area contributed by atoms with Crippen LogP contribution in [0.2, 0.25) is 0 Å². The normalized spacial score (nSPS) is 24.3. The van der Waals surface area contributed by atoms with Crippen molar-refractivity contribution < 1.29 is 19.3 Å². The van der Waals surface area contributed by atoms with Crippen molar-refractivity contribution in [2.24, 2.45) is 16.9 Å². The summed E-state index contributed by atoms with van der Waals surface area (Å²) in [5.74, 6) is 0.969. The van der Waals surface area contributed by atoms with Crippen LogP contribution in [0, 0.1) is 22.0 Å². The number of ether oxygens (including phenoxy) is 2. The van der Waals surface area contributed by atoms with Crippen LogP contribution in [0.15, 0.2) is 33.8 Å². The van der Waals surface area contributed by atoms with Crippen molar-refractivity contribution in [3.8, 4) is 5.75 Å². The molecule has 2 saturated heterocycles. The predicted molar refractivity (Wildman–Crippen MR) is 96.3 cm³/mol. The lowest BCUT2D eigenvalue weighted by Crippen LogP contribution is -2.42. The summed E-state index contributed by atoms with van der Waals surface area (Å²) in [6.07, 6.45) is -0.689. The van der Waals surface area contributed by atoms with Gasteiger partial charge in [-0.2, -0.15) is 0 Å². The second-order valence-corrected chi connectivity index (χ2v) is 7.25. The second kappa shape index (κ2) is 8.00. The van der Waals surface area contributed by atoms with E-state index in [1.165, 1.54) is 4.90 Å². The highest BCUT2D eigenvalue weighted by atomic mass is 79.9. The molecule has 2 atom stereocenters. The molecule has 0 spiro atoms. The van der Waals surface area contributed by atoms with Gasteiger partial charge in [-0.05, 0) is 30.2 Å². The molecule has 10 heteroatoms. The highest BCUT2D eigenvalue weighted by Crippen LogP contribution is 2.24. The van der Waals surface area contributed by atoms with Gasteiger partial charge in [0.1, 0.15) is 10.9 Å². The van der Waals surface area contributed by atoms with E-state index in [0.29, 0.717) is 38.0 Å². The molecule has 1 aromatic carbocycles. The highest BCUT2D eigenvalue weighted by molar-refractivity contribution is 9.10. The Balaban J connectivity index is 1.72. The molecule has 2 aliphatic rings. The Kier molecular flexibility index (Phi) is 5.72. The van der Waals surface area contributed by atoms with Crippen LogP contribution in [-0.2, 0) is 4.74 Å². The van der Waals surface area contributed by atoms with E-state index in [0.717, 1.165) is 4.47 Å². The maximum Gasteiger partial charge on any atom is 0.422 e. The Morgan fingerprint density at radius 2 is 2.12 bits per heavy atom. The van der Waals surface area contributed by atoms with Crippen LogP contribution in [0.1, 0.15) is 6.92 Å². The van der Waals surface area contributed by atoms with Gasteiger partial charge < -0.3 is 14.4 Å². The van der Waals surface area contributed by atoms with Crippen LogP contribution in [0.3, 0.4) is 0 Å². The standard InChI is InChI=1S/C16H19BrN4O5/c1-11-9-25-10-12(11)8-19-6-7-20(15(19)18-21(23)24)16(22)26-14-4-2-13(17)3-5-14/h2-5,11-12H,6-10H2,1H3. The molecule has 0 bridgehead atoms. The van der Waals surface area contributed by atoms with Crippen molar-refractivity contribution in [3.05, 3.63) is 38.9 Å². The minimum absolute atomic E-state index is 0.0104. The van der Waals surface area contributed by atoms with Gasteiger partial charge in [0.2, 0.25) is 0 Å². The first-order valence-electron chi connectivity index (χ1n) is 8.24. The zero-order valence-electron chi connectivity index (χ0n) is 14.2. The van der Waals surface area contributed by atoms with Crippen LogP contribution in [0.25, 0.3) is 0 Å². The smallest absolute Gasteiger partial charge is 0.410 e. The largest absolute Gasteiger partial charge is 0.422 e. The van der Waals surface area contributed by atoms with Crippen molar-refractivity contribution in [2.75, 3.05) is 32.8 Å². The van der Waals surface area contributed by atoms with Gasteiger partial charge in [-0.15, -0.1) is 0 Å². The number of hydrogen-bond acceptors (Lipinski definition) is 5. The maximum atomic E-state index is 12.5. The van der Waals surface area contributed by atoms with Crippen LogP contribution in [0.5, 0.6) is 5.75 Å². The Morgan fingerprint density at radius 3 is 2.73 bits per heavy atom. The summed E-state index contributed by atoms with van der Waals surface area (Å²) in [4.78, 5) is 26.4. The molecular weight excluding hydrogens is 408 g/mol. The number of nitrogens with zero attached hydrogens (tertiary/aromatic N) is 4. The number of hydrazone groups is 1. The zero-order valence-corrected chi connectivity index (χ0v) is 15.8. The summed E-state index contributed by atoms with van der Waals surface area (Å²) in [6.45, 7) is 4.66. The number of carbonyl (C=O) groups excluding carboxylic acids is 1. The summed E-state index contributed by atoms with van der Waals surface area (Å²) in [5, 5.41) is 13.6. The molecule has 0 aromatic heterocycles. The molecule has 9 nitrogen and oxygen atoms in total. The monoisotopic (exact) mass is 426 g/mol. The molecule has 2 heterocycles. The van der Waals surface area contributed by atoms with Gasteiger partial charge in [0.25, 0.3) is 5.96 Å². The van der Waals surface area contributed by atoms with Crippen LogP contribution in [0.4, 0.5) is 4.79 Å². The lowest BCUT2D eigenvalue weighted by molar-refractivity contribution is -0.486. The molecule has 0 saturated carbocycles. The summed E-state index contributed by atoms with van der Waals surface area (Å²) >= 11 is 3.31. The van der Waals surface area contributed by atoms with E-state index >= 15 is 0 Å². The fourth-order valence-electron chi connectivity index (χ4n) is 3.01. The minimum Gasteiger partial charge on any atom is -0.410 e. The third-order valence-corrected chi connectivity index (χ3v) is 5.03. The highest BCUT2D eigenvalue weighted by Gasteiger charge is 2.38. The van der Waals surface area contributed by atoms with Crippen molar-refractivity contribution in [1.29, 1.82) is 0 Å². The van der Waals surface area contributed by atoms with Crippen molar-refractivity contribution >= 4 is 28.0 Å². The van der Waals surface area contributed by atoms with Crippen LogP contribution >= 0.6 is 15.9 Å². The van der Waals surface area contributed by atoms with E-state index in [-0.39, 0.29) is 18.4 Å². The SMILES string of the molecule is CC1COCC1CN1CCN(C(=O)Oc2ccc(Br)cc2)C1=N[N+](=O)[O-]. The minimum atomic E-state index is -0.790. The van der Waals surface area contributed by atoms with E-state index < -0.39 is 11.1 Å². The number of hydrogen-bond donors (Lipinski definition) is 0. The van der Waals surface area contributed by atoms with E-state index in [9.17, 15) is 14.9 Å². The lowest BCUT2D eigenvalue weighted by Gasteiger charge is -2.23. The Labute approximate surface area is 158 Å². The Bertz CT molecular complexity index is 711. The third kappa shape index (κ3) is 4.31. The quantitative estimate of drug-likeness (QED) is 0.541. The molecule has 2 aliphatic heterocycles. The van der Waals surface area contributed by atoms with Crippen molar-refractivity contribution in [2.45, 2.75) is 6.92 Å². The molecule has 0 N–H and O–H groups in total. The third-order valence-electron chi connectivity index (χ3n) is 4.50. The van der Waals surface area contributed by atoms with Crippen LogP contribution < -0.4 is 4.74 Å². The molecule has 2 fully saturated rings. The number of halogens is 1. The van der Waals surface area contributed by atoms with Gasteiger partial charge >= 0.3 is 6.09 Å². The Hall–Kier alpha value is -2.20. The van der Waals surface area contributed by atoms with Crippen molar-refractivity contribution in [3.63, 3.8) is 0 Å². The summed E-state index contributed by atoms with van der Waals surface area (Å²) in [7, 11) is 0. The zero-order chi connectivity index (χ0) is 18.7. The van der Waals surface area contributed by atoms with E-state index in [2.05, 4.69) is 28.0 Å². The number of rotatable bonds is 4. The van der Waals surface area contributed by atoms with Crippen molar-refractivity contribution in [1.82, 2.24) is 9.80 Å². The molecule has 1 aromatic rings. The first kappa shape index (κ1) is 18.6. The fourth-order valence-corrected chi connectivity index (χ4v) is 3.27. The number of nitro groups is 1. The molecule has 0 radical (unpaired) electrons. The van der Waals surface area contributed by atoms with Gasteiger partial charge in [0.05, 0.1) is 13.2 Å². The number of carbonyl (C=O) groups is 1. The number of guanidine groups is 1. The van der Waals surface area contributed by atoms with Gasteiger partial charge in [0, 0.05) is 30.1 Å². The lowest BCUT2D eigenvalue weighted by atomic mass is 9.98. The second-order valence-electron chi connectivity index (χ2n) is 6.33. The molecule has 3 rings (SSSR count). The van der Waals surface area contributed by atoms with Gasteiger partial charge in [-0.25, -0.2) is 19.8 Å². The summed E-state index contributed by atoms with van der Waals surface area (Å²) < 4.78 is 11.6. The Morgan fingerprint density at radius 1 is 1.38 bits per heavy atom. The van der Waals surface area contributed by atoms with E-state index in [1.54, 1.807) is 29.2 Å². The number of amides is 1. The molecule has 1 amide bonds. The fraction of sp³-hybridized carbons (Fsp3) is 0.500. The number of benzene rings is 1. The first-order chi connectivity index (χ1) is 12.4. The molecule has 140 valence electrons. The van der Waals surface area contributed by atoms with Gasteiger partial charge in [0.15, 0.2) is 5.03 Å². The molecule has 0 aliphatic carbocycles. The maximum absolute atomic E-state index is 12.5. The van der Waals surface area contributed by atoms with E-state index in [1.807, 2.05) is 0 Å². The van der Waals surface area contributed by atoms with Crippen LogP contribution in [-0.4, -0.2) is 59.7 Å². The predicted octanol–water partition coefficient (Wildman–Crippen LogP) is 2.40. The summed E-state index contributed by atoms with van der Waals surface area (Å²) in [5.41, 5.74) is 0. The topological polar surface area (TPSA) is 97.5 Å². The average Bonchev–Trinajstić information content (AvgIpc) is 3.17. The molecule has 2 unspecified atom stereocenters. The van der Waals surface area contributed by atoms with Gasteiger partial charge in [-0.1, -0.05) is 22.9 Å². The molecular formula is C16H19BrN4O5. The average molecular weight is 427 g/mol. The first-order valence-corrected chi connectivity index (χ1v) is 9.04. The summed E-state index contributed by atoms with van der Waals surface area (Å²) in [6, 6.07) is 6.76. The van der Waals surface area contributed by atoms with E-state index in [4.69, 9.17) is 9.47 Å².